The average Bonchev–Trinajstić information content (AvgIpc) is 2.56. The van der Waals surface area contributed by atoms with Crippen LogP contribution in [0.4, 0.5) is 5.69 Å². The van der Waals surface area contributed by atoms with E-state index in [1.54, 1.807) is 11.8 Å². The van der Waals surface area contributed by atoms with Crippen LogP contribution >= 0.6 is 0 Å². The zero-order valence-electron chi connectivity index (χ0n) is 13.2. The van der Waals surface area contributed by atoms with E-state index in [1.165, 1.54) is 0 Å². The summed E-state index contributed by atoms with van der Waals surface area (Å²) in [7, 11) is -3.35. The molecule has 1 amide bonds. The van der Waals surface area contributed by atoms with Gasteiger partial charge in [0, 0.05) is 18.0 Å². The highest BCUT2D eigenvalue weighted by Crippen LogP contribution is 2.15. The van der Waals surface area contributed by atoms with E-state index in [-0.39, 0.29) is 11.7 Å². The largest absolute Gasteiger partial charge is 0.311 e. The summed E-state index contributed by atoms with van der Waals surface area (Å²) in [6, 6.07) is 19.0. The zero-order chi connectivity index (χ0) is 16.7. The number of para-hydroxylation sites is 1. The molecule has 0 saturated heterocycles. The number of carbonyl (C=O) groups is 1. The lowest BCUT2D eigenvalue weighted by molar-refractivity contribution is -0.116. The lowest BCUT2D eigenvalue weighted by Crippen LogP contribution is -2.37. The fourth-order valence-electron chi connectivity index (χ4n) is 2.26. The molecule has 2 rings (SSSR count). The summed E-state index contributed by atoms with van der Waals surface area (Å²) in [6.45, 7) is 2.01. The number of amides is 1. The molecule has 0 aromatic heterocycles. The minimum absolute atomic E-state index is 0.0277. The summed E-state index contributed by atoms with van der Waals surface area (Å²) in [6.07, 6.45) is 0.674. The normalized spacial score (nSPS) is 11.2. The number of benzene rings is 2. The second-order valence-electron chi connectivity index (χ2n) is 5.29. The minimum Gasteiger partial charge on any atom is -0.311 e. The molecular weight excluding hydrogens is 310 g/mol. The van der Waals surface area contributed by atoms with Crippen molar-refractivity contribution in [1.82, 2.24) is 0 Å². The molecule has 2 aromatic rings. The van der Waals surface area contributed by atoms with E-state index in [1.807, 2.05) is 60.7 Å². The van der Waals surface area contributed by atoms with Gasteiger partial charge in [0.05, 0.1) is 0 Å². The van der Waals surface area contributed by atoms with Gasteiger partial charge in [0.25, 0.3) is 0 Å². The summed E-state index contributed by atoms with van der Waals surface area (Å²) in [5.74, 6) is -0.860. The van der Waals surface area contributed by atoms with E-state index >= 15 is 0 Å². The highest BCUT2D eigenvalue weighted by Gasteiger charge is 2.21. The molecule has 0 aliphatic rings. The van der Waals surface area contributed by atoms with Crippen LogP contribution in [0.15, 0.2) is 60.7 Å². The molecule has 0 aliphatic carbocycles. The lowest BCUT2D eigenvalue weighted by Gasteiger charge is -2.23. The number of sulfone groups is 1. The predicted octanol–water partition coefficient (Wildman–Crippen LogP) is 2.70. The highest BCUT2D eigenvalue weighted by molar-refractivity contribution is 7.92. The second kappa shape index (κ2) is 7.92. The van der Waals surface area contributed by atoms with Gasteiger partial charge in [-0.15, -0.1) is 0 Å². The second-order valence-corrected chi connectivity index (χ2v) is 7.65. The third kappa shape index (κ3) is 5.21. The van der Waals surface area contributed by atoms with Crippen LogP contribution in [0.3, 0.4) is 0 Å². The molecule has 0 fully saturated rings. The molecule has 0 aliphatic heterocycles. The first kappa shape index (κ1) is 17.2. The Labute approximate surface area is 137 Å². The molecule has 4 nitrogen and oxygen atoms in total. The predicted molar refractivity (Wildman–Crippen MR) is 93.3 cm³/mol. The standard InChI is InChI=1S/C18H21NO3S/c1-2-23(21,22)15-18(20)19(17-11-7-4-8-12-17)14-13-16-9-5-3-6-10-16/h3-12H,2,13-15H2,1H3. The zero-order valence-corrected chi connectivity index (χ0v) is 14.0. The van der Waals surface area contributed by atoms with Crippen molar-refractivity contribution in [1.29, 1.82) is 0 Å². The van der Waals surface area contributed by atoms with Crippen LogP contribution in [0.5, 0.6) is 0 Å². The molecule has 23 heavy (non-hydrogen) atoms. The van der Waals surface area contributed by atoms with Gasteiger partial charge >= 0.3 is 0 Å². The monoisotopic (exact) mass is 331 g/mol. The Morgan fingerprint density at radius 2 is 1.52 bits per heavy atom. The van der Waals surface area contributed by atoms with Gasteiger partial charge < -0.3 is 4.90 Å². The van der Waals surface area contributed by atoms with E-state index in [4.69, 9.17) is 0 Å². The summed E-state index contributed by atoms with van der Waals surface area (Å²) in [5.41, 5.74) is 1.83. The number of carbonyl (C=O) groups excluding carboxylic acids is 1. The molecule has 122 valence electrons. The van der Waals surface area contributed by atoms with Crippen molar-refractivity contribution in [3.8, 4) is 0 Å². The van der Waals surface area contributed by atoms with Crippen molar-refractivity contribution in [3.63, 3.8) is 0 Å². The van der Waals surface area contributed by atoms with Crippen molar-refractivity contribution in [2.45, 2.75) is 13.3 Å². The van der Waals surface area contributed by atoms with Crippen LogP contribution in [0, 0.1) is 0 Å². The first-order valence-electron chi connectivity index (χ1n) is 7.61. The van der Waals surface area contributed by atoms with Gasteiger partial charge in [-0.05, 0) is 24.1 Å². The van der Waals surface area contributed by atoms with E-state index in [0.29, 0.717) is 13.0 Å². The number of hydrogen-bond donors (Lipinski definition) is 0. The van der Waals surface area contributed by atoms with Crippen molar-refractivity contribution < 1.29 is 13.2 Å². The Morgan fingerprint density at radius 3 is 2.09 bits per heavy atom. The maximum absolute atomic E-state index is 12.5. The van der Waals surface area contributed by atoms with E-state index in [9.17, 15) is 13.2 Å². The first-order valence-corrected chi connectivity index (χ1v) is 9.44. The fraction of sp³-hybridized carbons (Fsp3) is 0.278. The SMILES string of the molecule is CCS(=O)(=O)CC(=O)N(CCc1ccccc1)c1ccccc1. The minimum atomic E-state index is -3.35. The third-order valence-corrected chi connectivity index (χ3v) is 5.19. The number of anilines is 1. The molecular formula is C18H21NO3S. The molecule has 0 atom stereocenters. The van der Waals surface area contributed by atoms with Crippen LogP contribution in [0.1, 0.15) is 12.5 Å². The topological polar surface area (TPSA) is 54.5 Å². The van der Waals surface area contributed by atoms with Crippen molar-refractivity contribution >= 4 is 21.4 Å². The van der Waals surface area contributed by atoms with Gasteiger partial charge in [0.15, 0.2) is 9.84 Å². The smallest absolute Gasteiger partial charge is 0.242 e. The van der Waals surface area contributed by atoms with Crippen LogP contribution in [-0.2, 0) is 21.1 Å². The van der Waals surface area contributed by atoms with E-state index < -0.39 is 15.6 Å². The third-order valence-electron chi connectivity index (χ3n) is 3.62. The maximum Gasteiger partial charge on any atom is 0.242 e. The Hall–Kier alpha value is -2.14. The Balaban J connectivity index is 2.17. The Bertz CT molecular complexity index is 727. The van der Waals surface area contributed by atoms with Crippen molar-refractivity contribution in [2.75, 3.05) is 23.0 Å². The molecule has 0 unspecified atom stereocenters. The molecule has 0 spiro atoms. The number of nitrogens with zero attached hydrogens (tertiary/aromatic N) is 1. The Morgan fingerprint density at radius 1 is 0.957 bits per heavy atom. The van der Waals surface area contributed by atoms with Crippen LogP contribution < -0.4 is 4.90 Å². The molecule has 0 N–H and O–H groups in total. The van der Waals surface area contributed by atoms with E-state index in [2.05, 4.69) is 0 Å². The highest BCUT2D eigenvalue weighted by atomic mass is 32.2. The molecule has 0 bridgehead atoms. The summed E-state index contributed by atoms with van der Waals surface area (Å²) < 4.78 is 23.5. The first-order chi connectivity index (χ1) is 11.0. The summed E-state index contributed by atoms with van der Waals surface area (Å²) in [5, 5.41) is 0. The fourth-order valence-corrected chi connectivity index (χ4v) is 3.00. The average molecular weight is 331 g/mol. The maximum atomic E-state index is 12.5. The molecule has 5 heteroatoms. The molecule has 0 radical (unpaired) electrons. The quantitative estimate of drug-likeness (QED) is 0.784. The lowest BCUT2D eigenvalue weighted by atomic mass is 10.1. The van der Waals surface area contributed by atoms with Crippen molar-refractivity contribution in [2.24, 2.45) is 0 Å². The van der Waals surface area contributed by atoms with Crippen LogP contribution in [0.2, 0.25) is 0 Å². The summed E-state index contributed by atoms with van der Waals surface area (Å²) >= 11 is 0. The van der Waals surface area contributed by atoms with Gasteiger partial charge in [-0.25, -0.2) is 8.42 Å². The van der Waals surface area contributed by atoms with Crippen LogP contribution in [-0.4, -0.2) is 32.4 Å². The number of hydrogen-bond acceptors (Lipinski definition) is 3. The van der Waals surface area contributed by atoms with Gasteiger partial charge in [-0.2, -0.15) is 0 Å². The van der Waals surface area contributed by atoms with E-state index in [0.717, 1.165) is 11.3 Å². The molecule has 0 heterocycles. The van der Waals surface area contributed by atoms with Crippen molar-refractivity contribution in [3.05, 3.63) is 66.2 Å². The molecule has 2 aromatic carbocycles. The summed E-state index contributed by atoms with van der Waals surface area (Å²) in [4.78, 5) is 14.0. The van der Waals surface area contributed by atoms with Gasteiger partial charge in [-0.3, -0.25) is 4.79 Å². The van der Waals surface area contributed by atoms with Gasteiger partial charge in [-0.1, -0.05) is 55.5 Å². The molecule has 0 saturated carbocycles. The van der Waals surface area contributed by atoms with Gasteiger partial charge in [0.1, 0.15) is 5.75 Å². The van der Waals surface area contributed by atoms with Crippen LogP contribution in [0.25, 0.3) is 0 Å². The number of rotatable bonds is 7. The Kier molecular flexibility index (Phi) is 5.93. The van der Waals surface area contributed by atoms with Gasteiger partial charge in [0.2, 0.25) is 5.91 Å².